The minimum atomic E-state index is -1.06. The smallest absolute Gasteiger partial charge is 0.337 e. The third kappa shape index (κ3) is 4.53. The predicted molar refractivity (Wildman–Crippen MR) is 87.6 cm³/mol. The molecule has 1 unspecified atom stereocenters. The molecule has 132 valence electrons. The molecule has 0 spiro atoms. The second kappa shape index (κ2) is 7.74. The number of rotatable bonds is 5. The molecule has 5 nitrogen and oxygen atoms in total. The number of aryl methyl sites for hydroxylation is 1. The van der Waals surface area contributed by atoms with Crippen LogP contribution in [0, 0.1) is 18.6 Å². The molecule has 2 aromatic rings. The van der Waals surface area contributed by atoms with Crippen LogP contribution < -0.4 is 10.1 Å². The lowest BCUT2D eigenvalue weighted by atomic mass is 10.1. The van der Waals surface area contributed by atoms with E-state index < -0.39 is 29.6 Å². The zero-order valence-corrected chi connectivity index (χ0v) is 13.9. The first-order chi connectivity index (χ1) is 11.8. The minimum Gasteiger partial charge on any atom is -0.481 e. The Kier molecular flexibility index (Phi) is 5.69. The Morgan fingerprint density at radius 3 is 2.44 bits per heavy atom. The Balaban J connectivity index is 2.10. The maximum Gasteiger partial charge on any atom is 0.337 e. The topological polar surface area (TPSA) is 64.6 Å². The van der Waals surface area contributed by atoms with Crippen molar-refractivity contribution in [3.05, 3.63) is 59.2 Å². The third-order valence-corrected chi connectivity index (χ3v) is 3.49. The molecular formula is C18H17F2NO4. The van der Waals surface area contributed by atoms with Crippen LogP contribution in [-0.4, -0.2) is 25.1 Å². The van der Waals surface area contributed by atoms with Gasteiger partial charge in [0.05, 0.1) is 12.7 Å². The van der Waals surface area contributed by atoms with Gasteiger partial charge < -0.3 is 14.8 Å². The first kappa shape index (κ1) is 18.4. The van der Waals surface area contributed by atoms with Crippen molar-refractivity contribution in [1.82, 2.24) is 0 Å². The van der Waals surface area contributed by atoms with Gasteiger partial charge in [-0.1, -0.05) is 6.07 Å². The quantitative estimate of drug-likeness (QED) is 0.840. The maximum absolute atomic E-state index is 13.2. The van der Waals surface area contributed by atoms with Crippen molar-refractivity contribution < 1.29 is 27.8 Å². The van der Waals surface area contributed by atoms with Crippen molar-refractivity contribution >= 4 is 17.6 Å². The van der Waals surface area contributed by atoms with E-state index in [-0.39, 0.29) is 11.3 Å². The second-order valence-electron chi connectivity index (χ2n) is 5.35. The van der Waals surface area contributed by atoms with Gasteiger partial charge in [0.2, 0.25) is 0 Å². The van der Waals surface area contributed by atoms with Gasteiger partial charge >= 0.3 is 5.97 Å². The zero-order chi connectivity index (χ0) is 18.6. The molecule has 0 radical (unpaired) electrons. The summed E-state index contributed by atoms with van der Waals surface area (Å²) in [5.74, 6) is -3.07. The summed E-state index contributed by atoms with van der Waals surface area (Å²) in [6, 6.07) is 7.75. The number of nitrogens with one attached hydrogen (secondary N) is 1. The minimum absolute atomic E-state index is 0.0292. The highest BCUT2D eigenvalue weighted by Crippen LogP contribution is 2.20. The average molecular weight is 349 g/mol. The summed E-state index contributed by atoms with van der Waals surface area (Å²) in [5.41, 5.74) is 1.45. The van der Waals surface area contributed by atoms with Crippen molar-refractivity contribution in [1.29, 1.82) is 0 Å². The van der Waals surface area contributed by atoms with Crippen LogP contribution in [0.2, 0.25) is 0 Å². The van der Waals surface area contributed by atoms with E-state index in [1.165, 1.54) is 26.2 Å². The van der Waals surface area contributed by atoms with Gasteiger partial charge in [0.1, 0.15) is 5.75 Å². The zero-order valence-electron chi connectivity index (χ0n) is 13.9. The molecule has 0 bridgehead atoms. The number of amides is 1. The molecule has 0 aliphatic rings. The maximum atomic E-state index is 13.2. The Morgan fingerprint density at radius 2 is 1.80 bits per heavy atom. The Labute approximate surface area is 143 Å². The number of carbonyl (C=O) groups is 2. The lowest BCUT2D eigenvalue weighted by Crippen LogP contribution is -2.30. The largest absolute Gasteiger partial charge is 0.481 e. The van der Waals surface area contributed by atoms with E-state index in [0.717, 1.165) is 17.7 Å². The van der Waals surface area contributed by atoms with Crippen LogP contribution in [0.3, 0.4) is 0 Å². The molecule has 0 aliphatic carbocycles. The van der Waals surface area contributed by atoms with Crippen molar-refractivity contribution in [2.75, 3.05) is 12.4 Å². The van der Waals surface area contributed by atoms with Gasteiger partial charge in [0.25, 0.3) is 5.91 Å². The summed E-state index contributed by atoms with van der Waals surface area (Å²) in [7, 11) is 1.26. The number of esters is 1. The van der Waals surface area contributed by atoms with E-state index in [0.29, 0.717) is 5.69 Å². The molecule has 0 aliphatic heterocycles. The molecule has 7 heteroatoms. The highest BCUT2D eigenvalue weighted by Gasteiger charge is 2.17. The van der Waals surface area contributed by atoms with Crippen LogP contribution in [0.15, 0.2) is 36.4 Å². The van der Waals surface area contributed by atoms with Gasteiger partial charge in [-0.25, -0.2) is 13.6 Å². The number of carbonyl (C=O) groups excluding carboxylic acids is 2. The van der Waals surface area contributed by atoms with Gasteiger partial charge in [0, 0.05) is 11.8 Å². The standard InChI is InChI=1S/C18H17F2NO4/c1-10-4-5-12(18(23)24-3)8-16(10)21-17(22)11(2)25-13-6-7-14(19)15(20)9-13/h4-9,11H,1-3H3,(H,21,22). The van der Waals surface area contributed by atoms with E-state index in [2.05, 4.69) is 10.1 Å². The van der Waals surface area contributed by atoms with Gasteiger partial charge in [-0.2, -0.15) is 0 Å². The summed E-state index contributed by atoms with van der Waals surface area (Å²) in [6.07, 6.45) is -0.967. The average Bonchev–Trinajstić information content (AvgIpc) is 2.59. The fourth-order valence-corrected chi connectivity index (χ4v) is 2.04. The number of halogens is 2. The molecule has 0 heterocycles. The first-order valence-electron chi connectivity index (χ1n) is 7.43. The van der Waals surface area contributed by atoms with Gasteiger partial charge in [-0.05, 0) is 43.7 Å². The van der Waals surface area contributed by atoms with Crippen LogP contribution in [0.5, 0.6) is 5.75 Å². The fraction of sp³-hybridized carbons (Fsp3) is 0.222. The van der Waals surface area contributed by atoms with Gasteiger partial charge in [0.15, 0.2) is 17.7 Å². The van der Waals surface area contributed by atoms with Crippen molar-refractivity contribution in [2.24, 2.45) is 0 Å². The Hall–Kier alpha value is -2.96. The van der Waals surface area contributed by atoms with Crippen LogP contribution in [0.4, 0.5) is 14.5 Å². The van der Waals surface area contributed by atoms with Crippen LogP contribution >= 0.6 is 0 Å². The van der Waals surface area contributed by atoms with Crippen LogP contribution in [-0.2, 0) is 9.53 Å². The van der Waals surface area contributed by atoms with Crippen molar-refractivity contribution in [2.45, 2.75) is 20.0 Å². The number of benzene rings is 2. The lowest BCUT2D eigenvalue weighted by Gasteiger charge is -2.16. The molecule has 0 fully saturated rings. The molecule has 2 rings (SSSR count). The molecule has 0 saturated heterocycles. The van der Waals surface area contributed by atoms with E-state index in [4.69, 9.17) is 4.74 Å². The monoisotopic (exact) mass is 349 g/mol. The summed E-state index contributed by atoms with van der Waals surface area (Å²) in [4.78, 5) is 23.8. The molecule has 1 atom stereocenters. The summed E-state index contributed by atoms with van der Waals surface area (Å²) in [6.45, 7) is 3.23. The number of methoxy groups -OCH3 is 1. The van der Waals surface area contributed by atoms with Crippen molar-refractivity contribution in [3.8, 4) is 5.75 Å². The molecule has 2 aromatic carbocycles. The van der Waals surface area contributed by atoms with E-state index >= 15 is 0 Å². The number of anilines is 1. The fourth-order valence-electron chi connectivity index (χ4n) is 2.04. The summed E-state index contributed by atoms with van der Waals surface area (Å²) in [5, 5.41) is 2.64. The molecule has 25 heavy (non-hydrogen) atoms. The predicted octanol–water partition coefficient (Wildman–Crippen LogP) is 3.47. The van der Waals surface area contributed by atoms with E-state index in [1.807, 2.05) is 0 Å². The normalized spacial score (nSPS) is 11.6. The first-order valence-corrected chi connectivity index (χ1v) is 7.43. The third-order valence-electron chi connectivity index (χ3n) is 3.49. The number of ether oxygens (including phenoxy) is 2. The van der Waals surface area contributed by atoms with E-state index in [9.17, 15) is 18.4 Å². The van der Waals surface area contributed by atoms with Gasteiger partial charge in [-0.3, -0.25) is 4.79 Å². The molecule has 1 amide bonds. The van der Waals surface area contributed by atoms with E-state index in [1.54, 1.807) is 19.1 Å². The van der Waals surface area contributed by atoms with Crippen LogP contribution in [0.1, 0.15) is 22.8 Å². The number of hydrogen-bond acceptors (Lipinski definition) is 4. The molecule has 0 saturated carbocycles. The molecule has 1 N–H and O–H groups in total. The SMILES string of the molecule is COC(=O)c1ccc(C)c(NC(=O)C(C)Oc2ccc(F)c(F)c2)c1. The second-order valence-corrected chi connectivity index (χ2v) is 5.35. The summed E-state index contributed by atoms with van der Waals surface area (Å²) >= 11 is 0. The van der Waals surface area contributed by atoms with Gasteiger partial charge in [-0.15, -0.1) is 0 Å². The van der Waals surface area contributed by atoms with Crippen LogP contribution in [0.25, 0.3) is 0 Å². The summed E-state index contributed by atoms with van der Waals surface area (Å²) < 4.78 is 36.0. The highest BCUT2D eigenvalue weighted by atomic mass is 19.2. The van der Waals surface area contributed by atoms with Crippen molar-refractivity contribution in [3.63, 3.8) is 0 Å². The Morgan fingerprint density at radius 1 is 1.08 bits per heavy atom. The lowest BCUT2D eigenvalue weighted by molar-refractivity contribution is -0.122. The molecule has 0 aromatic heterocycles. The Bertz CT molecular complexity index is 808. The molecular weight excluding hydrogens is 332 g/mol. The number of hydrogen-bond donors (Lipinski definition) is 1. The highest BCUT2D eigenvalue weighted by molar-refractivity contribution is 5.97.